The standard InChI is InChI=1S/C23H33N3O2/c1-22(2)12-19(13-23(3,4)25-22)26(15-17-7-6-10-24-14-17)16-18-11-20(28-5)8-9-21(18)27/h6-11,14,19,25,27H,12-13,15-16H2,1-5H3. The molecule has 2 N–H and O–H groups in total. The second-order valence-corrected chi connectivity index (χ2v) is 9.22. The van der Waals surface area contributed by atoms with Crippen molar-refractivity contribution in [1.82, 2.24) is 15.2 Å². The maximum absolute atomic E-state index is 10.4. The van der Waals surface area contributed by atoms with Crippen LogP contribution in [0.5, 0.6) is 11.5 Å². The molecule has 0 unspecified atom stereocenters. The number of nitrogens with one attached hydrogen (secondary N) is 1. The molecule has 28 heavy (non-hydrogen) atoms. The van der Waals surface area contributed by atoms with Crippen LogP contribution in [0.4, 0.5) is 0 Å². The van der Waals surface area contributed by atoms with E-state index in [9.17, 15) is 5.11 Å². The Balaban J connectivity index is 1.91. The number of rotatable bonds is 6. The molecule has 0 aliphatic carbocycles. The highest BCUT2D eigenvalue weighted by molar-refractivity contribution is 5.39. The van der Waals surface area contributed by atoms with Crippen LogP contribution in [0.15, 0.2) is 42.7 Å². The molecule has 0 radical (unpaired) electrons. The van der Waals surface area contributed by atoms with Gasteiger partial charge in [0.1, 0.15) is 11.5 Å². The fourth-order valence-electron chi connectivity index (χ4n) is 4.60. The van der Waals surface area contributed by atoms with Crippen molar-refractivity contribution in [3.05, 3.63) is 53.9 Å². The van der Waals surface area contributed by atoms with Gasteiger partial charge in [-0.1, -0.05) is 6.07 Å². The third-order valence-electron chi connectivity index (χ3n) is 5.45. The van der Waals surface area contributed by atoms with Gasteiger partial charge < -0.3 is 15.2 Å². The summed E-state index contributed by atoms with van der Waals surface area (Å²) in [6.07, 6.45) is 5.82. The van der Waals surface area contributed by atoms with Gasteiger partial charge in [0, 0.05) is 48.2 Å². The Morgan fingerprint density at radius 1 is 1.14 bits per heavy atom. The number of pyridine rings is 1. The molecule has 1 aromatic heterocycles. The summed E-state index contributed by atoms with van der Waals surface area (Å²) in [6.45, 7) is 10.5. The Kier molecular flexibility index (Phi) is 5.96. The van der Waals surface area contributed by atoms with Gasteiger partial charge in [-0.2, -0.15) is 0 Å². The molecule has 0 spiro atoms. The fourth-order valence-corrected chi connectivity index (χ4v) is 4.60. The second kappa shape index (κ2) is 8.10. The summed E-state index contributed by atoms with van der Waals surface area (Å²) in [6, 6.07) is 9.92. The number of nitrogens with zero attached hydrogens (tertiary/aromatic N) is 2. The van der Waals surface area contributed by atoms with E-state index in [0.29, 0.717) is 18.3 Å². The summed E-state index contributed by atoms with van der Waals surface area (Å²) in [7, 11) is 1.65. The quantitative estimate of drug-likeness (QED) is 0.786. The predicted octanol–water partition coefficient (Wildman–Crippen LogP) is 4.11. The minimum Gasteiger partial charge on any atom is -0.508 e. The molecule has 1 fully saturated rings. The van der Waals surface area contributed by atoms with E-state index < -0.39 is 0 Å². The topological polar surface area (TPSA) is 57.6 Å². The van der Waals surface area contributed by atoms with Gasteiger partial charge in [0.05, 0.1) is 7.11 Å². The van der Waals surface area contributed by atoms with Crippen molar-refractivity contribution in [2.45, 2.75) is 70.7 Å². The maximum Gasteiger partial charge on any atom is 0.120 e. The number of methoxy groups -OCH3 is 1. The van der Waals surface area contributed by atoms with Gasteiger partial charge in [-0.25, -0.2) is 0 Å². The third-order valence-corrected chi connectivity index (χ3v) is 5.45. The molecule has 0 amide bonds. The van der Waals surface area contributed by atoms with Crippen molar-refractivity contribution < 1.29 is 9.84 Å². The predicted molar refractivity (Wildman–Crippen MR) is 112 cm³/mol. The van der Waals surface area contributed by atoms with Crippen molar-refractivity contribution >= 4 is 0 Å². The minimum absolute atomic E-state index is 0.0516. The largest absolute Gasteiger partial charge is 0.508 e. The Labute approximate surface area is 168 Å². The molecular weight excluding hydrogens is 350 g/mol. The zero-order valence-corrected chi connectivity index (χ0v) is 17.7. The highest BCUT2D eigenvalue weighted by Crippen LogP contribution is 2.34. The van der Waals surface area contributed by atoms with Crippen LogP contribution in [-0.4, -0.2) is 39.2 Å². The maximum atomic E-state index is 10.4. The normalized spacial score (nSPS) is 18.9. The molecule has 152 valence electrons. The van der Waals surface area contributed by atoms with Crippen LogP contribution in [0.2, 0.25) is 0 Å². The van der Waals surface area contributed by atoms with Crippen molar-refractivity contribution in [1.29, 1.82) is 0 Å². The average Bonchev–Trinajstić information content (AvgIpc) is 2.61. The summed E-state index contributed by atoms with van der Waals surface area (Å²) in [5.74, 6) is 1.07. The highest BCUT2D eigenvalue weighted by Gasteiger charge is 2.40. The van der Waals surface area contributed by atoms with Crippen LogP contribution < -0.4 is 10.1 Å². The lowest BCUT2D eigenvalue weighted by atomic mass is 9.78. The molecule has 1 aliphatic heterocycles. The SMILES string of the molecule is COc1ccc(O)c(CN(Cc2cccnc2)C2CC(C)(C)NC(C)(C)C2)c1. The molecule has 3 rings (SSSR count). The number of piperidine rings is 1. The summed E-state index contributed by atoms with van der Waals surface area (Å²) in [5, 5.41) is 14.2. The van der Waals surface area contributed by atoms with Crippen LogP contribution in [0.1, 0.15) is 51.7 Å². The molecular formula is C23H33N3O2. The Hall–Kier alpha value is -2.11. The molecule has 0 atom stereocenters. The van der Waals surface area contributed by atoms with Crippen molar-refractivity contribution in [2.24, 2.45) is 0 Å². The van der Waals surface area contributed by atoms with Crippen molar-refractivity contribution in [2.75, 3.05) is 7.11 Å². The van der Waals surface area contributed by atoms with E-state index in [-0.39, 0.29) is 11.1 Å². The van der Waals surface area contributed by atoms with E-state index in [4.69, 9.17) is 4.74 Å². The Morgan fingerprint density at radius 3 is 2.46 bits per heavy atom. The van der Waals surface area contributed by atoms with Crippen LogP contribution in [0.3, 0.4) is 0 Å². The van der Waals surface area contributed by atoms with E-state index in [0.717, 1.165) is 30.7 Å². The smallest absolute Gasteiger partial charge is 0.120 e. The van der Waals surface area contributed by atoms with E-state index in [1.165, 1.54) is 5.56 Å². The Morgan fingerprint density at radius 2 is 1.86 bits per heavy atom. The molecule has 2 aromatic rings. The van der Waals surface area contributed by atoms with Gasteiger partial charge in [-0.3, -0.25) is 9.88 Å². The molecule has 2 heterocycles. The molecule has 1 saturated heterocycles. The van der Waals surface area contributed by atoms with E-state index in [1.807, 2.05) is 18.3 Å². The van der Waals surface area contributed by atoms with Crippen LogP contribution in [-0.2, 0) is 13.1 Å². The first kappa shape index (κ1) is 20.6. The van der Waals surface area contributed by atoms with Crippen LogP contribution >= 0.6 is 0 Å². The van der Waals surface area contributed by atoms with E-state index in [1.54, 1.807) is 25.4 Å². The fraction of sp³-hybridized carbons (Fsp3) is 0.522. The lowest BCUT2D eigenvalue weighted by Crippen LogP contribution is -2.62. The van der Waals surface area contributed by atoms with Crippen molar-refractivity contribution in [3.63, 3.8) is 0 Å². The highest BCUT2D eigenvalue weighted by atomic mass is 16.5. The number of hydrogen-bond donors (Lipinski definition) is 2. The number of phenols is 1. The lowest BCUT2D eigenvalue weighted by molar-refractivity contribution is 0.0558. The van der Waals surface area contributed by atoms with Crippen LogP contribution in [0.25, 0.3) is 0 Å². The van der Waals surface area contributed by atoms with Crippen molar-refractivity contribution in [3.8, 4) is 11.5 Å². The molecule has 0 bridgehead atoms. The van der Waals surface area contributed by atoms with Gasteiger partial charge in [0.2, 0.25) is 0 Å². The zero-order valence-electron chi connectivity index (χ0n) is 17.7. The number of aromatic hydroxyl groups is 1. The molecule has 1 aliphatic rings. The third kappa shape index (κ3) is 5.24. The summed E-state index contributed by atoms with van der Waals surface area (Å²) >= 11 is 0. The summed E-state index contributed by atoms with van der Waals surface area (Å²) in [4.78, 5) is 6.75. The first-order valence-corrected chi connectivity index (χ1v) is 9.96. The summed E-state index contributed by atoms with van der Waals surface area (Å²) in [5.41, 5.74) is 2.17. The Bertz CT molecular complexity index is 774. The van der Waals surface area contributed by atoms with Gasteiger partial charge in [0.15, 0.2) is 0 Å². The van der Waals surface area contributed by atoms with Gasteiger partial charge in [-0.05, 0) is 70.4 Å². The number of aromatic nitrogens is 1. The minimum atomic E-state index is 0.0516. The zero-order chi connectivity index (χ0) is 20.4. The summed E-state index contributed by atoms with van der Waals surface area (Å²) < 4.78 is 5.37. The van der Waals surface area contributed by atoms with Gasteiger partial charge in [-0.15, -0.1) is 0 Å². The first-order valence-electron chi connectivity index (χ1n) is 9.96. The van der Waals surface area contributed by atoms with Gasteiger partial charge >= 0.3 is 0 Å². The number of phenolic OH excluding ortho intramolecular Hbond substituents is 1. The molecule has 5 nitrogen and oxygen atoms in total. The van der Waals surface area contributed by atoms with Crippen LogP contribution in [0, 0.1) is 0 Å². The molecule has 1 aromatic carbocycles. The monoisotopic (exact) mass is 383 g/mol. The molecule has 5 heteroatoms. The average molecular weight is 384 g/mol. The molecule has 0 saturated carbocycles. The first-order chi connectivity index (χ1) is 13.2. The van der Waals surface area contributed by atoms with Gasteiger partial charge in [0.25, 0.3) is 0 Å². The number of ether oxygens (including phenoxy) is 1. The number of hydrogen-bond acceptors (Lipinski definition) is 5. The second-order valence-electron chi connectivity index (χ2n) is 9.22. The number of benzene rings is 1. The van der Waals surface area contributed by atoms with E-state index in [2.05, 4.69) is 49.0 Å². The van der Waals surface area contributed by atoms with E-state index >= 15 is 0 Å². The lowest BCUT2D eigenvalue weighted by Gasteiger charge is -2.49.